The average Bonchev–Trinajstić information content (AvgIpc) is 3.11. The number of nitrogens with one attached hydrogen (secondary N) is 3. The zero-order chi connectivity index (χ0) is 24.6. The second kappa shape index (κ2) is 8.82. The number of anilines is 3. The van der Waals surface area contributed by atoms with Crippen molar-refractivity contribution in [2.24, 2.45) is 0 Å². The molecule has 0 saturated heterocycles. The van der Waals surface area contributed by atoms with Crippen LogP contribution in [0.5, 0.6) is 0 Å². The minimum atomic E-state index is -4.77. The van der Waals surface area contributed by atoms with E-state index in [2.05, 4.69) is 25.2 Å². The van der Waals surface area contributed by atoms with E-state index in [0.717, 1.165) is 18.2 Å². The minimum absolute atomic E-state index is 0.0234. The van der Waals surface area contributed by atoms with Gasteiger partial charge < -0.3 is 16.2 Å². The van der Waals surface area contributed by atoms with Gasteiger partial charge in [0, 0.05) is 11.3 Å². The lowest BCUT2D eigenvalue weighted by molar-refractivity contribution is -0.137. The summed E-state index contributed by atoms with van der Waals surface area (Å²) in [7, 11) is -4.02. The number of hydrogen-bond donors (Lipinski definition) is 5. The van der Waals surface area contributed by atoms with E-state index in [9.17, 15) is 26.7 Å². The smallest absolute Gasteiger partial charge is 0.394 e. The maximum Gasteiger partial charge on any atom is 0.417 e. The van der Waals surface area contributed by atoms with Crippen LogP contribution >= 0.6 is 11.6 Å². The Morgan fingerprint density at radius 3 is 2.33 bits per heavy atom. The van der Waals surface area contributed by atoms with Gasteiger partial charge in [0.2, 0.25) is 21.9 Å². The molecule has 33 heavy (non-hydrogen) atoms. The Morgan fingerprint density at radius 1 is 1.18 bits per heavy atom. The number of nitrogens with zero attached hydrogens (tertiary/aromatic N) is 2. The number of halogens is 4. The van der Waals surface area contributed by atoms with Gasteiger partial charge in [-0.15, -0.1) is 5.10 Å². The SMILES string of the molecule is CC(C)(CO)NS(=O)(=O)c1ccc(-c2c(Cl)cc(Nc3n[nH]c(N)n3)cc2C(F)(F)F)cc1. The third kappa shape index (κ3) is 5.74. The topological polar surface area (TPSA) is 146 Å². The fourth-order valence-corrected chi connectivity index (χ4v) is 4.64. The normalized spacial score (nSPS) is 12.7. The van der Waals surface area contributed by atoms with Crippen molar-refractivity contribution in [2.75, 3.05) is 17.7 Å². The molecule has 9 nitrogen and oxygen atoms in total. The number of nitrogen functional groups attached to an aromatic ring is 1. The van der Waals surface area contributed by atoms with Crippen molar-refractivity contribution >= 4 is 39.2 Å². The van der Waals surface area contributed by atoms with E-state index in [-0.39, 0.29) is 38.6 Å². The van der Waals surface area contributed by atoms with Crippen LogP contribution in [0.15, 0.2) is 41.3 Å². The Balaban J connectivity index is 2.01. The summed E-state index contributed by atoms with van der Waals surface area (Å²) < 4.78 is 68.9. The highest BCUT2D eigenvalue weighted by Crippen LogP contribution is 2.43. The van der Waals surface area contributed by atoms with Crippen molar-refractivity contribution in [2.45, 2.75) is 30.5 Å². The first-order valence-corrected chi connectivity index (χ1v) is 11.2. The van der Waals surface area contributed by atoms with Gasteiger partial charge in [-0.05, 0) is 43.7 Å². The van der Waals surface area contributed by atoms with E-state index in [0.29, 0.717) is 0 Å². The zero-order valence-electron chi connectivity index (χ0n) is 17.3. The summed E-state index contributed by atoms with van der Waals surface area (Å²) in [5.41, 5.74) is 2.95. The largest absolute Gasteiger partial charge is 0.417 e. The molecule has 0 fully saturated rings. The molecule has 2 aromatic carbocycles. The molecule has 0 spiro atoms. The van der Waals surface area contributed by atoms with Crippen molar-refractivity contribution in [3.63, 3.8) is 0 Å². The van der Waals surface area contributed by atoms with Gasteiger partial charge in [0.1, 0.15) is 0 Å². The molecule has 3 aromatic rings. The van der Waals surface area contributed by atoms with Crippen LogP contribution in [0.25, 0.3) is 11.1 Å². The molecule has 0 radical (unpaired) electrons. The summed E-state index contributed by atoms with van der Waals surface area (Å²) in [6.45, 7) is 2.52. The molecule has 0 saturated carbocycles. The Labute approximate surface area is 192 Å². The van der Waals surface area contributed by atoms with Crippen LogP contribution in [0.2, 0.25) is 5.02 Å². The second-order valence-electron chi connectivity index (χ2n) is 7.72. The van der Waals surface area contributed by atoms with Gasteiger partial charge in [-0.25, -0.2) is 18.2 Å². The second-order valence-corrected chi connectivity index (χ2v) is 9.81. The van der Waals surface area contributed by atoms with Crippen LogP contribution in [0.4, 0.5) is 30.8 Å². The number of aliphatic hydroxyl groups is 1. The number of nitrogens with two attached hydrogens (primary N) is 1. The van der Waals surface area contributed by atoms with Crippen LogP contribution in [0, 0.1) is 0 Å². The van der Waals surface area contributed by atoms with Crippen LogP contribution in [0.1, 0.15) is 19.4 Å². The first-order valence-electron chi connectivity index (χ1n) is 9.33. The van der Waals surface area contributed by atoms with E-state index < -0.39 is 33.9 Å². The third-order valence-corrected chi connectivity index (χ3v) is 6.43. The number of benzene rings is 2. The number of sulfonamides is 1. The molecule has 0 unspecified atom stereocenters. The Hall–Kier alpha value is -2.87. The quantitative estimate of drug-likeness (QED) is 0.331. The van der Waals surface area contributed by atoms with Crippen molar-refractivity contribution in [3.8, 4) is 11.1 Å². The molecule has 0 aliphatic heterocycles. The molecule has 0 bridgehead atoms. The highest BCUT2D eigenvalue weighted by molar-refractivity contribution is 7.89. The van der Waals surface area contributed by atoms with Crippen LogP contribution in [-0.4, -0.2) is 40.9 Å². The number of H-pyrrole nitrogens is 1. The van der Waals surface area contributed by atoms with Gasteiger partial charge in [0.05, 0.1) is 27.6 Å². The molecule has 0 atom stereocenters. The lowest BCUT2D eigenvalue weighted by Gasteiger charge is -2.23. The Kier molecular flexibility index (Phi) is 6.62. The Bertz CT molecular complexity index is 1260. The van der Waals surface area contributed by atoms with Crippen LogP contribution < -0.4 is 15.8 Å². The predicted octanol–water partition coefficient (Wildman–Crippen LogP) is 3.52. The Morgan fingerprint density at radius 2 is 1.82 bits per heavy atom. The number of aliphatic hydroxyl groups excluding tert-OH is 1. The molecule has 1 aromatic heterocycles. The molecular formula is C19H20ClF3N6O3S. The molecule has 0 amide bonds. The third-order valence-electron chi connectivity index (χ3n) is 4.41. The van der Waals surface area contributed by atoms with Gasteiger partial charge in [-0.3, -0.25) is 0 Å². The van der Waals surface area contributed by atoms with Gasteiger partial charge in [-0.1, -0.05) is 23.7 Å². The molecule has 0 aliphatic carbocycles. The molecular weight excluding hydrogens is 485 g/mol. The summed E-state index contributed by atoms with van der Waals surface area (Å²) in [5, 5.41) is 17.7. The monoisotopic (exact) mass is 504 g/mol. The zero-order valence-corrected chi connectivity index (χ0v) is 18.9. The van der Waals surface area contributed by atoms with Gasteiger partial charge in [0.25, 0.3) is 0 Å². The highest BCUT2D eigenvalue weighted by Gasteiger charge is 2.35. The van der Waals surface area contributed by atoms with Crippen LogP contribution in [-0.2, 0) is 16.2 Å². The standard InChI is InChI=1S/C19H20ClF3N6O3S/c1-18(2,9-30)29-33(31,32)12-5-3-10(4-6-12)15-13(19(21,22)23)7-11(8-14(15)20)25-17-26-16(24)27-28-17/h3-8,29-30H,9H2,1-2H3,(H4,24,25,26,27,28). The van der Waals surface area contributed by atoms with Crippen molar-refractivity contribution in [1.82, 2.24) is 19.9 Å². The summed E-state index contributed by atoms with van der Waals surface area (Å²) in [4.78, 5) is 3.59. The fourth-order valence-electron chi connectivity index (χ4n) is 2.91. The number of aromatic amines is 1. The first kappa shape index (κ1) is 24.8. The maximum absolute atomic E-state index is 13.9. The fraction of sp³-hybridized carbons (Fsp3) is 0.263. The van der Waals surface area contributed by atoms with E-state index >= 15 is 0 Å². The van der Waals surface area contributed by atoms with Gasteiger partial charge >= 0.3 is 6.18 Å². The van der Waals surface area contributed by atoms with Gasteiger partial charge in [0.15, 0.2) is 0 Å². The molecule has 3 rings (SSSR count). The lowest BCUT2D eigenvalue weighted by atomic mass is 9.98. The molecule has 178 valence electrons. The summed E-state index contributed by atoms with van der Waals surface area (Å²) in [5.74, 6) is -0.0690. The minimum Gasteiger partial charge on any atom is -0.394 e. The summed E-state index contributed by atoms with van der Waals surface area (Å²) in [6.07, 6.45) is -4.77. The number of hydrogen-bond acceptors (Lipinski definition) is 7. The lowest BCUT2D eigenvalue weighted by Crippen LogP contribution is -2.46. The molecule has 1 heterocycles. The average molecular weight is 505 g/mol. The van der Waals surface area contributed by atoms with E-state index in [1.54, 1.807) is 0 Å². The first-order chi connectivity index (χ1) is 15.2. The van der Waals surface area contributed by atoms with Gasteiger partial charge in [-0.2, -0.15) is 18.2 Å². The molecule has 0 aliphatic rings. The van der Waals surface area contributed by atoms with Crippen LogP contribution in [0.3, 0.4) is 0 Å². The molecule has 14 heteroatoms. The highest BCUT2D eigenvalue weighted by atomic mass is 35.5. The predicted molar refractivity (Wildman–Crippen MR) is 117 cm³/mol. The summed E-state index contributed by atoms with van der Waals surface area (Å²) in [6, 6.07) is 6.85. The summed E-state index contributed by atoms with van der Waals surface area (Å²) >= 11 is 6.21. The number of alkyl halides is 3. The van der Waals surface area contributed by atoms with Crippen molar-refractivity contribution < 1.29 is 26.7 Å². The number of rotatable bonds is 7. The number of aromatic nitrogens is 3. The van der Waals surface area contributed by atoms with E-state index in [1.165, 1.54) is 32.0 Å². The van der Waals surface area contributed by atoms with Crippen molar-refractivity contribution in [1.29, 1.82) is 0 Å². The van der Waals surface area contributed by atoms with Crippen molar-refractivity contribution in [3.05, 3.63) is 47.0 Å². The molecule has 6 N–H and O–H groups in total. The maximum atomic E-state index is 13.9. The van der Waals surface area contributed by atoms with E-state index in [4.69, 9.17) is 17.3 Å². The van der Waals surface area contributed by atoms with E-state index in [1.807, 2.05) is 0 Å².